The van der Waals surface area contributed by atoms with Crippen LogP contribution < -0.4 is 15.5 Å². The van der Waals surface area contributed by atoms with Crippen molar-refractivity contribution in [3.05, 3.63) is 58.7 Å². The molecule has 3 aliphatic heterocycles. The van der Waals surface area contributed by atoms with E-state index in [1.165, 1.54) is 21.3 Å². The van der Waals surface area contributed by atoms with Gasteiger partial charge < -0.3 is 10.4 Å². The molecule has 40 heavy (non-hydrogen) atoms. The topological polar surface area (TPSA) is 148 Å². The maximum absolute atomic E-state index is 13.3. The summed E-state index contributed by atoms with van der Waals surface area (Å²) in [5.74, 6) is -0.166. The molecule has 212 valence electrons. The number of aromatic hydroxyl groups is 1. The molecule has 3 aliphatic rings. The van der Waals surface area contributed by atoms with Crippen LogP contribution in [0.3, 0.4) is 0 Å². The third kappa shape index (κ3) is 4.75. The van der Waals surface area contributed by atoms with E-state index in [0.29, 0.717) is 23.5 Å². The number of hydrogen-bond acceptors (Lipinski definition) is 7. The van der Waals surface area contributed by atoms with Crippen LogP contribution >= 0.6 is 0 Å². The van der Waals surface area contributed by atoms with E-state index in [1.54, 1.807) is 26.0 Å². The molecule has 0 unspecified atom stereocenters. The van der Waals surface area contributed by atoms with Gasteiger partial charge in [0, 0.05) is 24.3 Å². The maximum atomic E-state index is 13.3. The molecule has 12 heteroatoms. The van der Waals surface area contributed by atoms with E-state index in [2.05, 4.69) is 15.6 Å². The van der Waals surface area contributed by atoms with Gasteiger partial charge in [0.2, 0.25) is 10.0 Å². The van der Waals surface area contributed by atoms with E-state index in [9.17, 15) is 27.9 Å². The lowest BCUT2D eigenvalue weighted by atomic mass is 9.89. The molecule has 1 spiro atoms. The van der Waals surface area contributed by atoms with Crippen molar-refractivity contribution in [2.24, 2.45) is 4.99 Å². The second-order valence-corrected chi connectivity index (χ2v) is 13.3. The van der Waals surface area contributed by atoms with Gasteiger partial charge in [-0.3, -0.25) is 24.8 Å². The summed E-state index contributed by atoms with van der Waals surface area (Å²) in [5, 5.41) is 14.7. The predicted molar refractivity (Wildman–Crippen MR) is 150 cm³/mol. The molecule has 5 rings (SSSR count). The normalized spacial score (nSPS) is 20.6. The molecule has 2 aromatic rings. The third-order valence-corrected chi connectivity index (χ3v) is 10.0. The Morgan fingerprint density at radius 1 is 0.950 bits per heavy atom. The Kier molecular flexibility index (Phi) is 6.74. The summed E-state index contributed by atoms with van der Waals surface area (Å²) < 4.78 is 28.0. The molecule has 11 nitrogen and oxygen atoms in total. The lowest BCUT2D eigenvalue weighted by Crippen LogP contribution is -2.50. The van der Waals surface area contributed by atoms with Crippen molar-refractivity contribution in [2.75, 3.05) is 23.7 Å². The lowest BCUT2D eigenvalue weighted by molar-refractivity contribution is -0.125. The summed E-state index contributed by atoms with van der Waals surface area (Å²) in [4.78, 5) is 43.6. The number of carbonyl (C=O) groups is 3. The van der Waals surface area contributed by atoms with Crippen molar-refractivity contribution >= 4 is 39.4 Å². The zero-order chi connectivity index (χ0) is 29.0. The molecule has 0 radical (unpaired) electrons. The van der Waals surface area contributed by atoms with Crippen LogP contribution in [0.15, 0.2) is 41.4 Å². The van der Waals surface area contributed by atoms with E-state index >= 15 is 0 Å². The number of amidine groups is 1. The number of amides is 4. The van der Waals surface area contributed by atoms with Gasteiger partial charge in [0.25, 0.3) is 11.8 Å². The minimum absolute atomic E-state index is 0.0938. The monoisotopic (exact) mass is 567 g/mol. The van der Waals surface area contributed by atoms with Crippen LogP contribution in [-0.2, 0) is 26.0 Å². The quantitative estimate of drug-likeness (QED) is 0.456. The number of phenolic OH excluding ortho intramolecular Hbond substituents is 1. The summed E-state index contributed by atoms with van der Waals surface area (Å²) in [6.45, 7) is 7.46. The summed E-state index contributed by atoms with van der Waals surface area (Å²) in [7, 11) is -3.60. The van der Waals surface area contributed by atoms with Gasteiger partial charge in [0.05, 0.1) is 5.75 Å². The summed E-state index contributed by atoms with van der Waals surface area (Å²) in [6, 6.07) is 9.51. The van der Waals surface area contributed by atoms with Crippen LogP contribution in [0.25, 0.3) is 0 Å². The second kappa shape index (κ2) is 9.70. The zero-order valence-electron chi connectivity index (χ0n) is 22.9. The first-order valence-electron chi connectivity index (χ1n) is 13.2. The molecule has 0 aromatic heterocycles. The van der Waals surface area contributed by atoms with E-state index in [1.807, 2.05) is 26.0 Å². The molecule has 0 bridgehead atoms. The number of nitrogens with zero attached hydrogens (tertiary/aromatic N) is 3. The van der Waals surface area contributed by atoms with E-state index < -0.39 is 27.1 Å². The highest BCUT2D eigenvalue weighted by molar-refractivity contribution is 7.89. The first-order chi connectivity index (χ1) is 18.7. The SMILES string of the molecule is Cc1cc(N2C(=O)NC(=O)C2(C)C)cc(C)c1CCS(=O)(=O)N1CCC2(CC1)N=C(c1ccc(O)cc1)NC2=O. The fraction of sp³-hybridized carbons (Fsp3) is 0.429. The summed E-state index contributed by atoms with van der Waals surface area (Å²) >= 11 is 0. The van der Waals surface area contributed by atoms with Crippen molar-refractivity contribution in [1.82, 2.24) is 14.9 Å². The number of carbonyl (C=O) groups excluding carboxylic acids is 3. The third-order valence-electron chi connectivity index (χ3n) is 8.15. The highest BCUT2D eigenvalue weighted by Gasteiger charge is 2.48. The van der Waals surface area contributed by atoms with Crippen molar-refractivity contribution < 1.29 is 27.9 Å². The first-order valence-corrected chi connectivity index (χ1v) is 14.8. The van der Waals surface area contributed by atoms with Crippen LogP contribution in [0.2, 0.25) is 0 Å². The highest BCUT2D eigenvalue weighted by Crippen LogP contribution is 2.34. The molecule has 0 saturated carbocycles. The lowest BCUT2D eigenvalue weighted by Gasteiger charge is -2.34. The van der Waals surface area contributed by atoms with Crippen molar-refractivity contribution in [1.29, 1.82) is 0 Å². The molecule has 2 aromatic carbocycles. The Morgan fingerprint density at radius 3 is 2.10 bits per heavy atom. The molecule has 2 saturated heterocycles. The number of rotatable bonds is 6. The fourth-order valence-corrected chi connectivity index (χ4v) is 7.16. The van der Waals surface area contributed by atoms with Gasteiger partial charge in [-0.15, -0.1) is 0 Å². The predicted octanol–water partition coefficient (Wildman–Crippen LogP) is 2.13. The average Bonchev–Trinajstić information content (AvgIpc) is 3.29. The van der Waals surface area contributed by atoms with Crippen LogP contribution in [-0.4, -0.2) is 71.4 Å². The van der Waals surface area contributed by atoms with Crippen molar-refractivity contribution in [2.45, 2.75) is 58.0 Å². The number of nitrogens with one attached hydrogen (secondary N) is 2. The van der Waals surface area contributed by atoms with Crippen LogP contribution in [0.4, 0.5) is 10.5 Å². The summed E-state index contributed by atoms with van der Waals surface area (Å²) in [6.07, 6.45) is 0.845. The Balaban J connectivity index is 1.26. The van der Waals surface area contributed by atoms with E-state index in [4.69, 9.17) is 0 Å². The Labute approximate surface area is 233 Å². The first kappa shape index (κ1) is 27.8. The van der Waals surface area contributed by atoms with E-state index in [0.717, 1.165) is 16.7 Å². The largest absolute Gasteiger partial charge is 0.508 e. The molecule has 3 N–H and O–H groups in total. The Morgan fingerprint density at radius 2 is 1.55 bits per heavy atom. The Bertz CT molecular complexity index is 1520. The zero-order valence-corrected chi connectivity index (χ0v) is 23.8. The molecule has 3 heterocycles. The minimum Gasteiger partial charge on any atom is -0.508 e. The van der Waals surface area contributed by atoms with Crippen LogP contribution in [0, 0.1) is 13.8 Å². The number of benzene rings is 2. The van der Waals surface area contributed by atoms with E-state index in [-0.39, 0.29) is 49.2 Å². The van der Waals surface area contributed by atoms with Gasteiger partial charge in [-0.2, -0.15) is 0 Å². The number of imide groups is 1. The molecule has 2 fully saturated rings. The number of phenols is 1. The van der Waals surface area contributed by atoms with Gasteiger partial charge in [-0.25, -0.2) is 17.5 Å². The number of aliphatic imine (C=N–C) groups is 1. The number of hydrogen-bond donors (Lipinski definition) is 3. The number of anilines is 1. The van der Waals surface area contributed by atoms with Gasteiger partial charge in [0.15, 0.2) is 0 Å². The van der Waals surface area contributed by atoms with Crippen molar-refractivity contribution in [3.8, 4) is 5.75 Å². The maximum Gasteiger partial charge on any atom is 0.329 e. The van der Waals surface area contributed by atoms with Crippen LogP contribution in [0.1, 0.15) is 48.9 Å². The smallest absolute Gasteiger partial charge is 0.329 e. The highest BCUT2D eigenvalue weighted by atomic mass is 32.2. The van der Waals surface area contributed by atoms with Gasteiger partial charge >= 0.3 is 6.03 Å². The molecular weight excluding hydrogens is 534 g/mol. The van der Waals surface area contributed by atoms with Gasteiger partial charge in [-0.1, -0.05) is 0 Å². The minimum atomic E-state index is -3.60. The molecule has 0 aliphatic carbocycles. The second-order valence-electron chi connectivity index (χ2n) is 11.2. The number of sulfonamides is 1. The number of aryl methyl sites for hydroxylation is 2. The molecular formula is C28H33N5O6S. The number of urea groups is 1. The fourth-order valence-electron chi connectivity index (χ4n) is 5.70. The standard InChI is InChI=1S/C28H33N5O6S/c1-17-15-20(33-26(37)30-24(35)27(33,3)4)16-18(2)22(17)9-14-40(38,39)32-12-10-28(11-13-32)25(36)29-23(31-28)19-5-7-21(34)8-6-19/h5-8,15-16,34H,9-14H2,1-4H3,(H,29,31,36)(H,30,35,37). The average molecular weight is 568 g/mol. The summed E-state index contributed by atoms with van der Waals surface area (Å²) in [5.41, 5.74) is 1.78. The Hall–Kier alpha value is -3.77. The van der Waals surface area contributed by atoms with Crippen LogP contribution in [0.5, 0.6) is 5.75 Å². The van der Waals surface area contributed by atoms with Gasteiger partial charge in [0.1, 0.15) is 22.7 Å². The molecule has 0 atom stereocenters. The number of piperidine rings is 1. The van der Waals surface area contributed by atoms with Crippen molar-refractivity contribution in [3.63, 3.8) is 0 Å². The molecule has 4 amide bonds. The van der Waals surface area contributed by atoms with Gasteiger partial charge in [-0.05, 0) is 100 Å².